The van der Waals surface area contributed by atoms with Gasteiger partial charge in [-0.05, 0) is 31.6 Å². The van der Waals surface area contributed by atoms with E-state index >= 15 is 0 Å². The van der Waals surface area contributed by atoms with Gasteiger partial charge in [-0.2, -0.15) is 0 Å². The van der Waals surface area contributed by atoms with Gasteiger partial charge in [0.05, 0.1) is 26.2 Å². The Morgan fingerprint density at radius 1 is 1.08 bits per heavy atom. The minimum absolute atomic E-state index is 0.313. The Hall–Kier alpha value is -1.35. The number of hydrogen-bond donors (Lipinski definition) is 1. The summed E-state index contributed by atoms with van der Waals surface area (Å²) in [4.78, 5) is 16.6. The van der Waals surface area contributed by atoms with Gasteiger partial charge < -0.3 is 9.80 Å². The summed E-state index contributed by atoms with van der Waals surface area (Å²) in [6.45, 7) is 7.42. The Balaban J connectivity index is 1.40. The van der Waals surface area contributed by atoms with E-state index in [9.17, 15) is 4.79 Å². The van der Waals surface area contributed by atoms with Crippen LogP contribution in [-0.4, -0.2) is 37.0 Å². The lowest BCUT2D eigenvalue weighted by Crippen LogP contribution is -3.13. The fourth-order valence-electron chi connectivity index (χ4n) is 4.55. The zero-order valence-electron chi connectivity index (χ0n) is 15.9. The number of piperazine rings is 1. The molecule has 1 aromatic carbocycles. The molecule has 0 radical (unpaired) electrons. The smallest absolute Gasteiger partial charge is 0.226 e. The van der Waals surface area contributed by atoms with Crippen LogP contribution in [0.3, 0.4) is 0 Å². The van der Waals surface area contributed by atoms with Gasteiger partial charge in [-0.25, -0.2) is 0 Å². The Labute approximate surface area is 153 Å². The van der Waals surface area contributed by atoms with Gasteiger partial charge >= 0.3 is 0 Å². The Bertz CT molecular complexity index is 514. The van der Waals surface area contributed by atoms with Crippen LogP contribution in [0.1, 0.15) is 57.4 Å². The SMILES string of the molecule is CCCCC1CCC(C(=O)N2CC[NH+](Cc3ccccc3)CC2)CC1. The summed E-state index contributed by atoms with van der Waals surface area (Å²) in [5, 5.41) is 0. The summed E-state index contributed by atoms with van der Waals surface area (Å²) < 4.78 is 0. The first kappa shape index (κ1) is 18.4. The van der Waals surface area contributed by atoms with Gasteiger partial charge in [-0.15, -0.1) is 0 Å². The Kier molecular flexibility index (Phi) is 6.92. The van der Waals surface area contributed by atoms with Crippen LogP contribution in [0.15, 0.2) is 30.3 Å². The van der Waals surface area contributed by atoms with Crippen LogP contribution in [0.4, 0.5) is 0 Å². The first-order valence-electron chi connectivity index (χ1n) is 10.4. The Morgan fingerprint density at radius 3 is 2.40 bits per heavy atom. The van der Waals surface area contributed by atoms with E-state index in [2.05, 4.69) is 42.2 Å². The van der Waals surface area contributed by atoms with Crippen molar-refractivity contribution in [1.29, 1.82) is 0 Å². The summed E-state index contributed by atoms with van der Waals surface area (Å²) in [6, 6.07) is 10.7. The molecule has 0 unspecified atom stereocenters. The van der Waals surface area contributed by atoms with Gasteiger partial charge in [-0.3, -0.25) is 4.79 Å². The standard InChI is InChI=1S/C22H34N2O/c1-2-3-7-19-10-12-21(13-11-19)22(25)24-16-14-23(15-17-24)18-20-8-5-4-6-9-20/h4-6,8-9,19,21H,2-3,7,10-18H2,1H3/p+1. The second-order valence-electron chi connectivity index (χ2n) is 8.10. The lowest BCUT2D eigenvalue weighted by Gasteiger charge is -2.36. The minimum atomic E-state index is 0.313. The molecule has 1 amide bonds. The van der Waals surface area contributed by atoms with Crippen molar-refractivity contribution in [3.8, 4) is 0 Å². The minimum Gasteiger partial charge on any atom is -0.331 e. The zero-order chi connectivity index (χ0) is 17.5. The number of rotatable bonds is 6. The molecule has 25 heavy (non-hydrogen) atoms. The van der Waals surface area contributed by atoms with Gasteiger partial charge in [0.15, 0.2) is 0 Å². The van der Waals surface area contributed by atoms with Crippen molar-refractivity contribution in [2.45, 2.75) is 58.4 Å². The number of quaternary nitrogens is 1. The topological polar surface area (TPSA) is 24.8 Å². The van der Waals surface area contributed by atoms with Crippen molar-refractivity contribution >= 4 is 5.91 Å². The number of amides is 1. The fourth-order valence-corrected chi connectivity index (χ4v) is 4.55. The quantitative estimate of drug-likeness (QED) is 0.844. The summed E-state index contributed by atoms with van der Waals surface area (Å²) in [6.07, 6.45) is 8.84. The summed E-state index contributed by atoms with van der Waals surface area (Å²) in [7, 11) is 0. The molecule has 138 valence electrons. The molecular formula is C22H35N2O+. The van der Waals surface area contributed by atoms with Crippen molar-refractivity contribution in [1.82, 2.24) is 4.90 Å². The van der Waals surface area contributed by atoms with Crippen LogP contribution >= 0.6 is 0 Å². The second-order valence-corrected chi connectivity index (χ2v) is 8.10. The molecule has 0 atom stereocenters. The largest absolute Gasteiger partial charge is 0.331 e. The molecule has 1 saturated carbocycles. The first-order valence-corrected chi connectivity index (χ1v) is 10.4. The van der Waals surface area contributed by atoms with Crippen molar-refractivity contribution in [2.75, 3.05) is 26.2 Å². The molecular weight excluding hydrogens is 308 g/mol. The number of nitrogens with zero attached hydrogens (tertiary/aromatic N) is 1. The van der Waals surface area contributed by atoms with Crippen LogP contribution in [0.25, 0.3) is 0 Å². The Morgan fingerprint density at radius 2 is 1.76 bits per heavy atom. The predicted octanol–water partition coefficient (Wildman–Crippen LogP) is 2.91. The van der Waals surface area contributed by atoms with E-state index in [0.717, 1.165) is 51.5 Å². The van der Waals surface area contributed by atoms with E-state index in [1.165, 1.54) is 37.7 Å². The lowest BCUT2D eigenvalue weighted by atomic mass is 9.79. The normalized spacial score (nSPS) is 25.1. The average molecular weight is 344 g/mol. The highest BCUT2D eigenvalue weighted by Crippen LogP contribution is 2.32. The van der Waals surface area contributed by atoms with E-state index in [-0.39, 0.29) is 0 Å². The van der Waals surface area contributed by atoms with Gasteiger partial charge in [0.1, 0.15) is 6.54 Å². The maximum atomic E-state index is 12.9. The molecule has 2 aliphatic rings. The molecule has 1 heterocycles. The number of unbranched alkanes of at least 4 members (excludes halogenated alkanes) is 1. The fraction of sp³-hybridized carbons (Fsp3) is 0.682. The van der Waals surface area contributed by atoms with Gasteiger partial charge in [-0.1, -0.05) is 56.5 Å². The average Bonchev–Trinajstić information content (AvgIpc) is 2.68. The molecule has 1 aliphatic carbocycles. The van der Waals surface area contributed by atoms with Crippen molar-refractivity contribution < 1.29 is 9.69 Å². The van der Waals surface area contributed by atoms with Gasteiger partial charge in [0, 0.05) is 11.5 Å². The van der Waals surface area contributed by atoms with Crippen LogP contribution in [-0.2, 0) is 11.3 Å². The molecule has 3 rings (SSSR count). The molecule has 0 bridgehead atoms. The van der Waals surface area contributed by atoms with Gasteiger partial charge in [0.2, 0.25) is 5.91 Å². The summed E-state index contributed by atoms with van der Waals surface area (Å²) in [5.74, 6) is 1.65. The van der Waals surface area contributed by atoms with E-state index < -0.39 is 0 Å². The summed E-state index contributed by atoms with van der Waals surface area (Å²) >= 11 is 0. The van der Waals surface area contributed by atoms with Crippen molar-refractivity contribution in [3.05, 3.63) is 35.9 Å². The molecule has 1 aliphatic heterocycles. The maximum Gasteiger partial charge on any atom is 0.226 e. The lowest BCUT2D eigenvalue weighted by molar-refractivity contribution is -0.917. The van der Waals surface area contributed by atoms with Gasteiger partial charge in [0.25, 0.3) is 0 Å². The second kappa shape index (κ2) is 9.38. The van der Waals surface area contributed by atoms with Crippen LogP contribution in [0.2, 0.25) is 0 Å². The molecule has 1 saturated heterocycles. The third-order valence-electron chi connectivity index (χ3n) is 6.24. The van der Waals surface area contributed by atoms with Crippen LogP contribution in [0.5, 0.6) is 0 Å². The third-order valence-corrected chi connectivity index (χ3v) is 6.24. The third kappa shape index (κ3) is 5.31. The van der Waals surface area contributed by atoms with Crippen molar-refractivity contribution in [2.24, 2.45) is 11.8 Å². The maximum absolute atomic E-state index is 12.9. The van der Waals surface area contributed by atoms with E-state index in [0.29, 0.717) is 11.8 Å². The number of benzene rings is 1. The molecule has 1 aromatic rings. The molecule has 0 aromatic heterocycles. The monoisotopic (exact) mass is 343 g/mol. The zero-order valence-corrected chi connectivity index (χ0v) is 15.9. The molecule has 1 N–H and O–H groups in total. The van der Waals surface area contributed by atoms with E-state index in [1.807, 2.05) is 0 Å². The molecule has 0 spiro atoms. The highest BCUT2D eigenvalue weighted by atomic mass is 16.2. The highest BCUT2D eigenvalue weighted by Gasteiger charge is 2.31. The van der Waals surface area contributed by atoms with E-state index in [4.69, 9.17) is 0 Å². The number of carbonyl (C=O) groups excluding carboxylic acids is 1. The number of carbonyl (C=O) groups is 1. The predicted molar refractivity (Wildman–Crippen MR) is 102 cm³/mol. The molecule has 2 fully saturated rings. The van der Waals surface area contributed by atoms with Crippen molar-refractivity contribution in [3.63, 3.8) is 0 Å². The van der Waals surface area contributed by atoms with E-state index in [1.54, 1.807) is 4.90 Å². The highest BCUT2D eigenvalue weighted by molar-refractivity contribution is 5.79. The molecule has 3 nitrogen and oxygen atoms in total. The number of nitrogens with one attached hydrogen (secondary N) is 1. The first-order chi connectivity index (χ1) is 12.3. The van der Waals surface area contributed by atoms with Crippen LogP contribution < -0.4 is 4.90 Å². The summed E-state index contributed by atoms with van der Waals surface area (Å²) in [5.41, 5.74) is 1.41. The van der Waals surface area contributed by atoms with Crippen LogP contribution in [0, 0.1) is 11.8 Å². The number of hydrogen-bond acceptors (Lipinski definition) is 1. The molecule has 3 heteroatoms.